The summed E-state index contributed by atoms with van der Waals surface area (Å²) in [6.07, 6.45) is 3.27. The van der Waals surface area contributed by atoms with E-state index in [2.05, 4.69) is 31.0 Å². The van der Waals surface area contributed by atoms with E-state index in [1.165, 1.54) is 6.42 Å². The van der Waals surface area contributed by atoms with Crippen LogP contribution < -0.4 is 15.5 Å². The smallest absolute Gasteiger partial charge is 0.325 e. The Morgan fingerprint density at radius 2 is 2.00 bits per heavy atom. The number of aromatic nitrogens is 2. The summed E-state index contributed by atoms with van der Waals surface area (Å²) in [6, 6.07) is 5.51. The first-order chi connectivity index (χ1) is 12.5. The number of anilines is 3. The molecule has 0 spiro atoms. The van der Waals surface area contributed by atoms with Crippen molar-refractivity contribution in [2.45, 2.75) is 32.6 Å². The fraction of sp³-hybridized carbons (Fsp3) is 0.412. The van der Waals surface area contributed by atoms with Crippen molar-refractivity contribution in [3.05, 3.63) is 29.6 Å². The van der Waals surface area contributed by atoms with Crippen molar-refractivity contribution in [1.82, 2.24) is 9.36 Å². The van der Waals surface area contributed by atoms with Gasteiger partial charge in [0.15, 0.2) is 5.82 Å². The highest BCUT2D eigenvalue weighted by Gasteiger charge is 2.17. The molecular formula is C17H21N5O3S. The maximum atomic E-state index is 12.3. The summed E-state index contributed by atoms with van der Waals surface area (Å²) in [5, 5.41) is 14.5. The molecule has 1 aliphatic rings. The molecule has 3 rings (SSSR count). The molecule has 1 aromatic heterocycles. The number of aliphatic carboxylic acids is 1. The maximum absolute atomic E-state index is 12.3. The van der Waals surface area contributed by atoms with Gasteiger partial charge in [-0.3, -0.25) is 10.1 Å². The zero-order valence-corrected chi connectivity index (χ0v) is 15.3. The third-order valence-electron chi connectivity index (χ3n) is 4.10. The number of hydrogen-bond acceptors (Lipinski definition) is 6. The molecule has 1 saturated heterocycles. The van der Waals surface area contributed by atoms with E-state index < -0.39 is 12.0 Å². The van der Waals surface area contributed by atoms with Gasteiger partial charge in [0.1, 0.15) is 6.42 Å². The monoisotopic (exact) mass is 375 g/mol. The van der Waals surface area contributed by atoms with Crippen LogP contribution in [-0.2, 0) is 11.2 Å². The van der Waals surface area contributed by atoms with E-state index in [1.807, 2.05) is 19.1 Å². The fourth-order valence-corrected chi connectivity index (χ4v) is 3.49. The van der Waals surface area contributed by atoms with Crippen LogP contribution in [0.15, 0.2) is 18.2 Å². The van der Waals surface area contributed by atoms with Gasteiger partial charge in [-0.25, -0.2) is 9.78 Å². The van der Waals surface area contributed by atoms with Gasteiger partial charge in [0, 0.05) is 24.6 Å². The minimum atomic E-state index is -1.01. The van der Waals surface area contributed by atoms with Gasteiger partial charge in [0.05, 0.1) is 11.4 Å². The molecule has 0 radical (unpaired) electrons. The third kappa shape index (κ3) is 4.69. The second kappa shape index (κ2) is 8.13. The van der Waals surface area contributed by atoms with Gasteiger partial charge < -0.3 is 15.3 Å². The Labute approximate surface area is 155 Å². The second-order valence-electron chi connectivity index (χ2n) is 6.23. The molecule has 26 heavy (non-hydrogen) atoms. The van der Waals surface area contributed by atoms with E-state index in [0.29, 0.717) is 0 Å². The van der Waals surface area contributed by atoms with Gasteiger partial charge in [-0.05, 0) is 43.9 Å². The minimum absolute atomic E-state index is 0.183. The highest BCUT2D eigenvalue weighted by atomic mass is 32.1. The predicted octanol–water partition coefficient (Wildman–Crippen LogP) is 3.11. The van der Waals surface area contributed by atoms with Crippen molar-refractivity contribution in [3.8, 4) is 0 Å². The normalized spacial score (nSPS) is 14.1. The molecule has 3 N–H and O–H groups in total. The number of urea groups is 1. The number of piperidine rings is 1. The molecule has 2 heterocycles. The SMILES string of the molecule is Cc1ccc(NC(=O)Nc2nc(CC(=O)O)ns2)c(N2CCCCC2)c1. The maximum Gasteiger partial charge on any atom is 0.325 e. The van der Waals surface area contributed by atoms with Gasteiger partial charge in [-0.1, -0.05) is 6.07 Å². The molecule has 1 aromatic carbocycles. The van der Waals surface area contributed by atoms with Gasteiger partial charge in [-0.15, -0.1) is 0 Å². The van der Waals surface area contributed by atoms with Crippen LogP contribution in [0.3, 0.4) is 0 Å². The number of carbonyl (C=O) groups is 2. The molecule has 9 heteroatoms. The zero-order valence-electron chi connectivity index (χ0n) is 14.5. The average Bonchev–Trinajstić information content (AvgIpc) is 3.03. The Kier molecular flexibility index (Phi) is 5.67. The first-order valence-corrected chi connectivity index (χ1v) is 9.26. The van der Waals surface area contributed by atoms with E-state index in [9.17, 15) is 9.59 Å². The number of hydrogen-bond donors (Lipinski definition) is 3. The Bertz CT molecular complexity index is 801. The van der Waals surface area contributed by atoms with Crippen LogP contribution in [0, 0.1) is 6.92 Å². The van der Waals surface area contributed by atoms with Crippen molar-refractivity contribution in [3.63, 3.8) is 0 Å². The zero-order chi connectivity index (χ0) is 18.5. The molecule has 0 bridgehead atoms. The Morgan fingerprint density at radius 1 is 1.23 bits per heavy atom. The van der Waals surface area contributed by atoms with Crippen molar-refractivity contribution in [2.75, 3.05) is 28.6 Å². The predicted molar refractivity (Wildman–Crippen MR) is 101 cm³/mol. The number of carboxylic acids is 1. The van der Waals surface area contributed by atoms with Gasteiger partial charge in [0.2, 0.25) is 5.13 Å². The number of nitrogens with zero attached hydrogens (tertiary/aromatic N) is 3. The molecule has 2 amide bonds. The number of amides is 2. The highest BCUT2D eigenvalue weighted by Crippen LogP contribution is 2.30. The molecule has 1 fully saturated rings. The van der Waals surface area contributed by atoms with Crippen molar-refractivity contribution in [2.24, 2.45) is 0 Å². The molecular weight excluding hydrogens is 354 g/mol. The first kappa shape index (κ1) is 18.1. The lowest BCUT2D eigenvalue weighted by atomic mass is 10.1. The van der Waals surface area contributed by atoms with E-state index in [4.69, 9.17) is 5.11 Å². The first-order valence-electron chi connectivity index (χ1n) is 8.49. The summed E-state index contributed by atoms with van der Waals surface area (Å²) in [5.41, 5.74) is 2.90. The standard InChI is InChI=1S/C17H21N5O3S/c1-11-5-6-12(13(9-11)22-7-3-2-4-8-22)18-16(25)20-17-19-14(21-26-17)10-15(23)24/h5-6,9H,2-4,7-8,10H2,1H3,(H,23,24)(H2,18,19,20,21,25). The highest BCUT2D eigenvalue weighted by molar-refractivity contribution is 7.09. The molecule has 0 unspecified atom stereocenters. The van der Waals surface area contributed by atoms with Crippen molar-refractivity contribution >= 4 is 40.0 Å². The number of rotatable bonds is 5. The Balaban J connectivity index is 1.68. The van der Waals surface area contributed by atoms with E-state index >= 15 is 0 Å². The third-order valence-corrected chi connectivity index (χ3v) is 4.76. The molecule has 2 aromatic rings. The van der Waals surface area contributed by atoms with E-state index in [0.717, 1.165) is 54.4 Å². The number of aryl methyl sites for hydroxylation is 1. The largest absolute Gasteiger partial charge is 0.481 e. The minimum Gasteiger partial charge on any atom is -0.481 e. The van der Waals surface area contributed by atoms with E-state index in [-0.39, 0.29) is 17.4 Å². The summed E-state index contributed by atoms with van der Waals surface area (Å²) in [7, 11) is 0. The van der Waals surface area contributed by atoms with E-state index in [1.54, 1.807) is 0 Å². The number of carbonyl (C=O) groups excluding carboxylic acids is 1. The summed E-state index contributed by atoms with van der Waals surface area (Å²) in [6.45, 7) is 3.99. The van der Waals surface area contributed by atoms with Crippen molar-refractivity contribution in [1.29, 1.82) is 0 Å². The van der Waals surface area contributed by atoms with Crippen molar-refractivity contribution < 1.29 is 14.7 Å². The summed E-state index contributed by atoms with van der Waals surface area (Å²) in [5.74, 6) is -0.827. The number of benzene rings is 1. The quantitative estimate of drug-likeness (QED) is 0.741. The van der Waals surface area contributed by atoms with Gasteiger partial charge in [0.25, 0.3) is 0 Å². The fourth-order valence-electron chi connectivity index (χ4n) is 2.91. The molecule has 0 aliphatic carbocycles. The van der Waals surface area contributed by atoms with Crippen LogP contribution in [0.4, 0.5) is 21.3 Å². The molecule has 138 valence electrons. The van der Waals surface area contributed by atoms with Gasteiger partial charge >= 0.3 is 12.0 Å². The lowest BCUT2D eigenvalue weighted by Crippen LogP contribution is -2.31. The Morgan fingerprint density at radius 3 is 2.73 bits per heavy atom. The lowest BCUT2D eigenvalue weighted by Gasteiger charge is -2.30. The van der Waals surface area contributed by atoms with Crippen LogP contribution in [-0.4, -0.2) is 39.6 Å². The molecule has 0 saturated carbocycles. The van der Waals surface area contributed by atoms with Crippen LogP contribution in [0.2, 0.25) is 0 Å². The van der Waals surface area contributed by atoms with Crippen LogP contribution in [0.25, 0.3) is 0 Å². The number of carboxylic acid groups (broad SMARTS) is 1. The molecule has 1 aliphatic heterocycles. The Hall–Kier alpha value is -2.68. The lowest BCUT2D eigenvalue weighted by molar-refractivity contribution is -0.136. The molecule has 0 atom stereocenters. The van der Waals surface area contributed by atoms with Crippen LogP contribution >= 0.6 is 11.5 Å². The summed E-state index contributed by atoms with van der Waals surface area (Å²) < 4.78 is 3.92. The number of nitrogens with one attached hydrogen (secondary N) is 2. The van der Waals surface area contributed by atoms with Gasteiger partial charge in [-0.2, -0.15) is 4.37 Å². The average molecular weight is 375 g/mol. The summed E-state index contributed by atoms with van der Waals surface area (Å²) in [4.78, 5) is 29.3. The topological polar surface area (TPSA) is 107 Å². The summed E-state index contributed by atoms with van der Waals surface area (Å²) >= 11 is 0.958. The van der Waals surface area contributed by atoms with Crippen LogP contribution in [0.1, 0.15) is 30.7 Å². The van der Waals surface area contributed by atoms with Crippen LogP contribution in [0.5, 0.6) is 0 Å². The second-order valence-corrected chi connectivity index (χ2v) is 6.99. The molecule has 8 nitrogen and oxygen atoms in total.